The van der Waals surface area contributed by atoms with Gasteiger partial charge in [-0.15, -0.1) is 6.42 Å². The Morgan fingerprint density at radius 1 is 0.700 bits per heavy atom. The van der Waals surface area contributed by atoms with Crippen LogP contribution in [0.1, 0.15) is 0 Å². The van der Waals surface area contributed by atoms with Crippen molar-refractivity contribution in [3.63, 3.8) is 0 Å². The normalized spacial score (nSPS) is 10.6. The van der Waals surface area contributed by atoms with Crippen LogP contribution < -0.4 is 5.32 Å². The van der Waals surface area contributed by atoms with Gasteiger partial charge in [-0.05, 0) is 7.05 Å². The molecule has 0 aliphatic carbocycles. The van der Waals surface area contributed by atoms with Crippen LogP contribution in [0.2, 0.25) is 0 Å². The zero-order valence-electron chi connectivity index (χ0n) is 12.4. The third-order valence-electron chi connectivity index (χ3n) is 2.17. The molecule has 0 fully saturated rings. The lowest BCUT2D eigenvalue weighted by atomic mass is 10.6. The summed E-state index contributed by atoms with van der Waals surface area (Å²) in [4.78, 5) is 0. The van der Waals surface area contributed by atoms with Gasteiger partial charge >= 0.3 is 0 Å². The van der Waals surface area contributed by atoms with Crippen LogP contribution in [0.3, 0.4) is 0 Å². The van der Waals surface area contributed by atoms with E-state index in [2.05, 4.69) is 11.2 Å². The summed E-state index contributed by atoms with van der Waals surface area (Å²) in [7, 11) is 1.89. The molecule has 0 saturated heterocycles. The zero-order valence-corrected chi connectivity index (χ0v) is 12.4. The molecule has 118 valence electrons. The highest BCUT2D eigenvalue weighted by Crippen LogP contribution is 1.83. The first kappa shape index (κ1) is 19.3. The van der Waals surface area contributed by atoms with Crippen molar-refractivity contribution in [3.8, 4) is 12.3 Å². The lowest BCUT2D eigenvalue weighted by Gasteiger charge is -2.07. The van der Waals surface area contributed by atoms with E-state index in [0.29, 0.717) is 66.1 Å². The number of likely N-dealkylation sites (N-methyl/N-ethyl adjacent to an activating group) is 1. The Morgan fingerprint density at radius 2 is 1.10 bits per heavy atom. The van der Waals surface area contributed by atoms with Gasteiger partial charge in [0.05, 0.1) is 59.5 Å². The SMILES string of the molecule is C#CCOCCOCCOCCOCCOCCNC. The summed E-state index contributed by atoms with van der Waals surface area (Å²) >= 11 is 0. The molecule has 0 aromatic heterocycles. The summed E-state index contributed by atoms with van der Waals surface area (Å²) in [5, 5.41) is 3.00. The maximum atomic E-state index is 5.34. The predicted molar refractivity (Wildman–Crippen MR) is 76.9 cm³/mol. The van der Waals surface area contributed by atoms with E-state index in [0.717, 1.165) is 6.54 Å². The van der Waals surface area contributed by atoms with Gasteiger partial charge in [-0.2, -0.15) is 0 Å². The summed E-state index contributed by atoms with van der Waals surface area (Å²) in [6.45, 7) is 6.38. The Balaban J connectivity index is 2.91. The highest BCUT2D eigenvalue weighted by atomic mass is 16.6. The monoisotopic (exact) mass is 289 g/mol. The fourth-order valence-corrected chi connectivity index (χ4v) is 1.18. The molecular formula is C14H27NO5. The highest BCUT2D eigenvalue weighted by Gasteiger charge is 1.92. The Morgan fingerprint density at radius 3 is 1.50 bits per heavy atom. The third-order valence-corrected chi connectivity index (χ3v) is 2.17. The second kappa shape index (κ2) is 18.3. The van der Waals surface area contributed by atoms with Gasteiger partial charge in [-0.25, -0.2) is 0 Å². The molecule has 20 heavy (non-hydrogen) atoms. The van der Waals surface area contributed by atoms with Gasteiger partial charge in [0.2, 0.25) is 0 Å². The summed E-state index contributed by atoms with van der Waals surface area (Å²) in [5.74, 6) is 2.39. The van der Waals surface area contributed by atoms with E-state index in [1.807, 2.05) is 7.05 Å². The average Bonchev–Trinajstić information content (AvgIpc) is 2.47. The van der Waals surface area contributed by atoms with Crippen LogP contribution in [-0.2, 0) is 23.7 Å². The minimum atomic E-state index is 0.329. The minimum Gasteiger partial charge on any atom is -0.378 e. The number of terminal acetylenes is 1. The van der Waals surface area contributed by atoms with Gasteiger partial charge in [-0.3, -0.25) is 0 Å². The van der Waals surface area contributed by atoms with Crippen LogP contribution in [0, 0.1) is 12.3 Å². The quantitative estimate of drug-likeness (QED) is 0.317. The van der Waals surface area contributed by atoms with Crippen LogP contribution in [0.5, 0.6) is 0 Å². The summed E-state index contributed by atoms with van der Waals surface area (Å²) < 4.78 is 26.3. The standard InChI is InChI=1S/C14H27NO5/c1-3-5-16-7-9-18-11-13-20-14-12-19-10-8-17-6-4-15-2/h1,15H,4-14H2,2H3. The van der Waals surface area contributed by atoms with Crippen molar-refractivity contribution in [2.45, 2.75) is 0 Å². The van der Waals surface area contributed by atoms with E-state index in [1.54, 1.807) is 0 Å². The van der Waals surface area contributed by atoms with E-state index >= 15 is 0 Å². The van der Waals surface area contributed by atoms with Gasteiger partial charge in [-0.1, -0.05) is 5.92 Å². The lowest BCUT2D eigenvalue weighted by molar-refractivity contribution is -0.00881. The first-order chi connectivity index (χ1) is 9.91. The number of rotatable bonds is 16. The molecule has 0 unspecified atom stereocenters. The molecular weight excluding hydrogens is 262 g/mol. The molecule has 6 heteroatoms. The molecule has 0 aromatic rings. The first-order valence-electron chi connectivity index (χ1n) is 6.88. The molecule has 0 heterocycles. The second-order valence-electron chi connectivity index (χ2n) is 3.81. The number of nitrogens with one attached hydrogen (secondary N) is 1. The number of ether oxygens (including phenoxy) is 5. The maximum absolute atomic E-state index is 5.34. The summed E-state index contributed by atoms with van der Waals surface area (Å²) in [6, 6.07) is 0. The Hall–Kier alpha value is -0.680. The van der Waals surface area contributed by atoms with Crippen molar-refractivity contribution in [1.82, 2.24) is 5.32 Å². The van der Waals surface area contributed by atoms with Crippen molar-refractivity contribution in [3.05, 3.63) is 0 Å². The van der Waals surface area contributed by atoms with E-state index in [1.165, 1.54) is 0 Å². The Kier molecular flexibility index (Phi) is 17.7. The van der Waals surface area contributed by atoms with Crippen LogP contribution >= 0.6 is 0 Å². The van der Waals surface area contributed by atoms with E-state index in [-0.39, 0.29) is 0 Å². The smallest absolute Gasteiger partial charge is 0.107 e. The molecule has 0 amide bonds. The molecule has 0 spiro atoms. The van der Waals surface area contributed by atoms with Gasteiger partial charge in [0.15, 0.2) is 0 Å². The zero-order chi connectivity index (χ0) is 14.7. The predicted octanol–water partition coefficient (Wildman–Crippen LogP) is -0.0780. The topological polar surface area (TPSA) is 58.2 Å². The van der Waals surface area contributed by atoms with Gasteiger partial charge in [0.1, 0.15) is 6.61 Å². The fraction of sp³-hybridized carbons (Fsp3) is 0.857. The largest absolute Gasteiger partial charge is 0.378 e. The van der Waals surface area contributed by atoms with Gasteiger partial charge in [0.25, 0.3) is 0 Å². The van der Waals surface area contributed by atoms with Gasteiger partial charge < -0.3 is 29.0 Å². The number of hydrogen-bond donors (Lipinski definition) is 1. The van der Waals surface area contributed by atoms with Crippen LogP contribution in [0.25, 0.3) is 0 Å². The molecule has 6 nitrogen and oxygen atoms in total. The average molecular weight is 289 g/mol. The molecule has 0 atom stereocenters. The highest BCUT2D eigenvalue weighted by molar-refractivity contribution is 4.82. The van der Waals surface area contributed by atoms with E-state index in [4.69, 9.17) is 30.1 Å². The van der Waals surface area contributed by atoms with Crippen molar-refractivity contribution in [2.24, 2.45) is 0 Å². The molecule has 0 aliphatic rings. The molecule has 0 aromatic carbocycles. The fourth-order valence-electron chi connectivity index (χ4n) is 1.18. The van der Waals surface area contributed by atoms with Crippen molar-refractivity contribution < 1.29 is 23.7 Å². The van der Waals surface area contributed by atoms with E-state index in [9.17, 15) is 0 Å². The molecule has 0 rings (SSSR count). The Labute approximate surface area is 122 Å². The first-order valence-corrected chi connectivity index (χ1v) is 6.88. The molecule has 0 saturated carbocycles. The number of hydrogen-bond acceptors (Lipinski definition) is 6. The molecule has 0 radical (unpaired) electrons. The molecule has 0 bridgehead atoms. The lowest BCUT2D eigenvalue weighted by Crippen LogP contribution is -2.17. The van der Waals surface area contributed by atoms with Crippen LogP contribution in [0.4, 0.5) is 0 Å². The molecule has 0 aliphatic heterocycles. The maximum Gasteiger partial charge on any atom is 0.107 e. The van der Waals surface area contributed by atoms with Crippen molar-refractivity contribution >= 4 is 0 Å². The van der Waals surface area contributed by atoms with Crippen molar-refractivity contribution in [1.29, 1.82) is 0 Å². The van der Waals surface area contributed by atoms with Crippen LogP contribution in [-0.4, -0.2) is 79.7 Å². The summed E-state index contributed by atoms with van der Waals surface area (Å²) in [5.41, 5.74) is 0. The molecule has 1 N–H and O–H groups in total. The van der Waals surface area contributed by atoms with Crippen LogP contribution in [0.15, 0.2) is 0 Å². The Bertz CT molecular complexity index is 220. The second-order valence-corrected chi connectivity index (χ2v) is 3.81. The van der Waals surface area contributed by atoms with Gasteiger partial charge in [0, 0.05) is 6.54 Å². The summed E-state index contributed by atoms with van der Waals surface area (Å²) in [6.07, 6.45) is 5.03. The van der Waals surface area contributed by atoms with Crippen molar-refractivity contribution in [2.75, 3.05) is 79.7 Å². The van der Waals surface area contributed by atoms with E-state index < -0.39 is 0 Å². The third kappa shape index (κ3) is 17.3. The minimum absolute atomic E-state index is 0.329.